The minimum atomic E-state index is -1.15. The molecule has 0 radical (unpaired) electrons. The van der Waals surface area contributed by atoms with Crippen molar-refractivity contribution in [3.8, 4) is 11.5 Å². The summed E-state index contributed by atoms with van der Waals surface area (Å²) in [6, 6.07) is 6.83. The van der Waals surface area contributed by atoms with E-state index in [1.165, 1.54) is 20.3 Å². The Balaban J connectivity index is 1.65. The highest BCUT2D eigenvalue weighted by Gasteiger charge is 2.24. The molecule has 2 N–H and O–H groups in total. The number of aliphatic hydroxyl groups excluding tert-OH is 1. The molecule has 0 saturated carbocycles. The van der Waals surface area contributed by atoms with E-state index in [1.54, 1.807) is 48.4 Å². The quantitative estimate of drug-likeness (QED) is 0.325. The lowest BCUT2D eigenvalue weighted by Gasteiger charge is -2.19. The van der Waals surface area contributed by atoms with Crippen LogP contribution in [0, 0.1) is 0 Å². The predicted molar refractivity (Wildman–Crippen MR) is 138 cm³/mol. The highest BCUT2D eigenvalue weighted by atomic mass is 35.5. The first kappa shape index (κ1) is 25.4. The maximum absolute atomic E-state index is 11.7. The summed E-state index contributed by atoms with van der Waals surface area (Å²) in [5.74, 6) is 0.855. The summed E-state index contributed by atoms with van der Waals surface area (Å²) in [6.07, 6.45) is 3.71. The number of aliphatic hydroxyl groups is 1. The number of nitrogens with one attached hydrogen (secondary N) is 1. The van der Waals surface area contributed by atoms with Gasteiger partial charge in [-0.15, -0.1) is 0 Å². The van der Waals surface area contributed by atoms with Gasteiger partial charge in [-0.25, -0.2) is 9.97 Å². The van der Waals surface area contributed by atoms with E-state index in [0.717, 1.165) is 0 Å². The van der Waals surface area contributed by atoms with E-state index in [-0.39, 0.29) is 21.5 Å². The maximum Gasteiger partial charge on any atom is 0.247 e. The Bertz CT molecular complexity index is 1440. The Kier molecular flexibility index (Phi) is 7.44. The highest BCUT2D eigenvalue weighted by molar-refractivity contribution is 6.38. The van der Waals surface area contributed by atoms with E-state index in [2.05, 4.69) is 27.0 Å². The van der Waals surface area contributed by atoms with Gasteiger partial charge in [0.1, 0.15) is 23.4 Å². The van der Waals surface area contributed by atoms with E-state index >= 15 is 0 Å². The molecule has 1 unspecified atom stereocenters. The number of hydrogen-bond donors (Lipinski definition) is 2. The van der Waals surface area contributed by atoms with Crippen molar-refractivity contribution in [1.82, 2.24) is 19.7 Å². The fraction of sp³-hybridized carbons (Fsp3) is 0.200. The zero-order valence-electron chi connectivity index (χ0n) is 19.7. The zero-order valence-corrected chi connectivity index (χ0v) is 21.3. The van der Waals surface area contributed by atoms with E-state index in [1.807, 2.05) is 0 Å². The van der Waals surface area contributed by atoms with E-state index < -0.39 is 6.10 Å². The molecule has 2 heterocycles. The molecule has 2 aromatic carbocycles. The Hall–Kier alpha value is -3.66. The van der Waals surface area contributed by atoms with Gasteiger partial charge in [0.25, 0.3) is 0 Å². The van der Waals surface area contributed by atoms with Crippen LogP contribution in [0.5, 0.6) is 11.5 Å². The lowest BCUT2D eigenvalue weighted by atomic mass is 9.99. The molecule has 36 heavy (non-hydrogen) atoms. The number of halogens is 2. The van der Waals surface area contributed by atoms with Crippen molar-refractivity contribution in [2.24, 2.45) is 7.05 Å². The van der Waals surface area contributed by atoms with Gasteiger partial charge in [0, 0.05) is 36.5 Å². The Morgan fingerprint density at radius 2 is 1.92 bits per heavy atom. The van der Waals surface area contributed by atoms with Crippen LogP contribution in [-0.2, 0) is 18.3 Å². The molecule has 2 aromatic heterocycles. The summed E-state index contributed by atoms with van der Waals surface area (Å²) >= 11 is 12.9. The van der Waals surface area contributed by atoms with Crippen molar-refractivity contribution in [2.45, 2.75) is 12.5 Å². The van der Waals surface area contributed by atoms with E-state index in [0.29, 0.717) is 51.6 Å². The molecule has 0 spiro atoms. The third-order valence-corrected chi connectivity index (χ3v) is 6.30. The number of fused-ring (bicyclic) bond motifs is 1. The molecule has 9 nitrogen and oxygen atoms in total. The van der Waals surface area contributed by atoms with Gasteiger partial charge < -0.3 is 19.9 Å². The number of amides is 1. The van der Waals surface area contributed by atoms with Crippen molar-refractivity contribution < 1.29 is 19.4 Å². The number of methoxy groups -OCH3 is 2. The lowest BCUT2D eigenvalue weighted by molar-refractivity contribution is -0.111. The van der Waals surface area contributed by atoms with Crippen LogP contribution in [0.15, 0.2) is 49.3 Å². The third kappa shape index (κ3) is 4.99. The minimum absolute atomic E-state index is 0.192. The number of aryl methyl sites for hydroxylation is 1. The average molecular weight is 528 g/mol. The number of benzene rings is 2. The predicted octanol–water partition coefficient (Wildman–Crippen LogP) is 4.48. The fourth-order valence-electron chi connectivity index (χ4n) is 3.76. The average Bonchev–Trinajstić information content (AvgIpc) is 3.21. The molecular weight excluding hydrogens is 505 g/mol. The van der Waals surface area contributed by atoms with Crippen LogP contribution in [-0.4, -0.2) is 45.0 Å². The third-order valence-electron chi connectivity index (χ3n) is 5.52. The van der Waals surface area contributed by atoms with Crippen LogP contribution in [0.4, 0.5) is 5.69 Å². The Morgan fingerprint density at radius 1 is 1.22 bits per heavy atom. The largest absolute Gasteiger partial charge is 0.495 e. The molecule has 0 bridgehead atoms. The van der Waals surface area contributed by atoms with Crippen LogP contribution in [0.3, 0.4) is 0 Å². The smallest absolute Gasteiger partial charge is 0.247 e. The monoisotopic (exact) mass is 527 g/mol. The second-order valence-electron chi connectivity index (χ2n) is 7.86. The first-order chi connectivity index (χ1) is 17.2. The first-order valence-electron chi connectivity index (χ1n) is 10.7. The summed E-state index contributed by atoms with van der Waals surface area (Å²) in [6.45, 7) is 3.47. The number of carbonyl (C=O) groups is 1. The maximum atomic E-state index is 11.7. The summed E-state index contributed by atoms with van der Waals surface area (Å²) in [5, 5.41) is 19.4. The highest BCUT2D eigenvalue weighted by Crippen LogP contribution is 2.45. The van der Waals surface area contributed by atoms with Crippen LogP contribution >= 0.6 is 23.2 Å². The summed E-state index contributed by atoms with van der Waals surface area (Å²) in [7, 11) is 4.70. The van der Waals surface area contributed by atoms with Gasteiger partial charge in [-0.1, -0.05) is 35.8 Å². The van der Waals surface area contributed by atoms with Crippen LogP contribution in [0.1, 0.15) is 28.7 Å². The van der Waals surface area contributed by atoms with Crippen molar-refractivity contribution in [2.75, 3.05) is 19.5 Å². The molecule has 0 aliphatic heterocycles. The van der Waals surface area contributed by atoms with Gasteiger partial charge in [-0.3, -0.25) is 9.48 Å². The standard InChI is InChI=1S/C25H23Cl2N5O4/c1-5-21(33)30-17-12-32(2)31-16(17)9-20-28-11-14-8-13(6-7-15(14)29-20)25(34)22-23(26)18(35-3)10-19(36-4)24(22)27/h5-8,10-12,25,34H,1,9H2,2-4H3,(H,30,33). The van der Waals surface area contributed by atoms with Gasteiger partial charge in [0.05, 0.1) is 47.6 Å². The molecule has 1 amide bonds. The molecule has 0 aliphatic rings. The summed E-state index contributed by atoms with van der Waals surface area (Å²) in [4.78, 5) is 20.8. The summed E-state index contributed by atoms with van der Waals surface area (Å²) < 4.78 is 12.2. The molecule has 186 valence electrons. The van der Waals surface area contributed by atoms with Crippen molar-refractivity contribution in [3.63, 3.8) is 0 Å². The molecule has 0 fully saturated rings. The van der Waals surface area contributed by atoms with Crippen LogP contribution in [0.25, 0.3) is 10.9 Å². The van der Waals surface area contributed by atoms with E-state index in [9.17, 15) is 9.90 Å². The van der Waals surface area contributed by atoms with Crippen molar-refractivity contribution in [1.29, 1.82) is 0 Å². The number of hydrogen-bond acceptors (Lipinski definition) is 7. The van der Waals surface area contributed by atoms with Gasteiger partial charge in [0.15, 0.2) is 0 Å². The number of nitrogens with zero attached hydrogens (tertiary/aromatic N) is 4. The van der Waals surface area contributed by atoms with Gasteiger partial charge in [-0.05, 0) is 23.8 Å². The molecule has 4 aromatic rings. The van der Waals surface area contributed by atoms with Crippen molar-refractivity contribution in [3.05, 3.63) is 82.0 Å². The first-order valence-corrected chi connectivity index (χ1v) is 11.5. The second kappa shape index (κ2) is 10.5. The van der Waals surface area contributed by atoms with Crippen molar-refractivity contribution >= 4 is 45.7 Å². The molecule has 1 atom stereocenters. The zero-order chi connectivity index (χ0) is 26.0. The molecule has 4 rings (SSSR count). The SMILES string of the molecule is C=CC(=O)Nc1cn(C)nc1Cc1ncc2cc(C(O)c3c(Cl)c(OC)cc(OC)c3Cl)ccc2n1. The van der Waals surface area contributed by atoms with E-state index in [4.69, 9.17) is 32.7 Å². The molecular formula is C25H23Cl2N5O4. The molecule has 11 heteroatoms. The topological polar surface area (TPSA) is 111 Å². The second-order valence-corrected chi connectivity index (χ2v) is 8.62. The molecule has 0 aliphatic carbocycles. The molecule has 0 saturated heterocycles. The Labute approximate surface area is 217 Å². The van der Waals surface area contributed by atoms with Gasteiger partial charge >= 0.3 is 0 Å². The van der Waals surface area contributed by atoms with Crippen LogP contribution in [0.2, 0.25) is 10.0 Å². The van der Waals surface area contributed by atoms with Gasteiger partial charge in [0.2, 0.25) is 5.91 Å². The number of aromatic nitrogens is 4. The summed E-state index contributed by atoms with van der Waals surface area (Å²) in [5.41, 5.74) is 2.67. The van der Waals surface area contributed by atoms with Gasteiger partial charge in [-0.2, -0.15) is 5.10 Å². The number of anilines is 1. The lowest BCUT2D eigenvalue weighted by Crippen LogP contribution is -2.09. The van der Waals surface area contributed by atoms with Crippen LogP contribution < -0.4 is 14.8 Å². The Morgan fingerprint density at radius 3 is 2.56 bits per heavy atom. The number of rotatable bonds is 8. The number of carbonyl (C=O) groups excluding carboxylic acids is 1. The normalized spacial score (nSPS) is 11.8. The minimum Gasteiger partial charge on any atom is -0.495 e. The fourth-order valence-corrected chi connectivity index (χ4v) is 4.47. The number of ether oxygens (including phenoxy) is 2.